The molecule has 0 rings (SSSR count). The molecular formula is C65H100O6. The normalized spacial score (nSPS) is 13.3. The molecule has 0 unspecified atom stereocenters. The first kappa shape index (κ1) is 66.0. The van der Waals surface area contributed by atoms with Gasteiger partial charge in [-0.1, -0.05) is 211 Å². The maximum absolute atomic E-state index is 12.8. The fourth-order valence-electron chi connectivity index (χ4n) is 6.81. The molecule has 0 saturated heterocycles. The topological polar surface area (TPSA) is 78.9 Å². The number of carbonyl (C=O) groups excluding carboxylic acids is 3. The molecule has 0 bridgehead atoms. The highest BCUT2D eigenvalue weighted by Gasteiger charge is 2.19. The van der Waals surface area contributed by atoms with E-state index in [1.165, 1.54) is 51.4 Å². The lowest BCUT2D eigenvalue weighted by molar-refractivity contribution is -0.166. The van der Waals surface area contributed by atoms with Crippen LogP contribution in [0.1, 0.15) is 213 Å². The quantitative estimate of drug-likeness (QED) is 0.0262. The van der Waals surface area contributed by atoms with E-state index >= 15 is 0 Å². The Labute approximate surface area is 435 Å². The largest absolute Gasteiger partial charge is 0.462 e. The lowest BCUT2D eigenvalue weighted by atomic mass is 10.1. The number of allylic oxidation sites excluding steroid dienone is 26. The molecule has 0 N–H and O–H groups in total. The third-order valence-electron chi connectivity index (χ3n) is 11.0. The third-order valence-corrected chi connectivity index (χ3v) is 11.0. The highest BCUT2D eigenvalue weighted by molar-refractivity contribution is 5.71. The summed E-state index contributed by atoms with van der Waals surface area (Å²) < 4.78 is 16.7. The smallest absolute Gasteiger partial charge is 0.306 e. The molecule has 0 saturated carbocycles. The number of hydrogen-bond donors (Lipinski definition) is 0. The minimum absolute atomic E-state index is 0.145. The van der Waals surface area contributed by atoms with Crippen molar-refractivity contribution in [2.24, 2.45) is 0 Å². The van der Waals surface area contributed by atoms with Crippen LogP contribution in [0.25, 0.3) is 0 Å². The Morgan fingerprint density at radius 3 is 0.915 bits per heavy atom. The van der Waals surface area contributed by atoms with Gasteiger partial charge in [0.15, 0.2) is 6.10 Å². The van der Waals surface area contributed by atoms with Gasteiger partial charge in [0.1, 0.15) is 13.2 Å². The first-order valence-corrected chi connectivity index (χ1v) is 28.0. The van der Waals surface area contributed by atoms with Gasteiger partial charge in [-0.05, 0) is 141 Å². The lowest BCUT2D eigenvalue weighted by Gasteiger charge is -2.18. The Morgan fingerprint density at radius 1 is 0.296 bits per heavy atom. The lowest BCUT2D eigenvalue weighted by Crippen LogP contribution is -2.30. The van der Waals surface area contributed by atoms with Crippen LogP contribution in [-0.4, -0.2) is 37.2 Å². The summed E-state index contributed by atoms with van der Waals surface area (Å²) in [5.41, 5.74) is 0. The van der Waals surface area contributed by atoms with Crippen LogP contribution in [0.2, 0.25) is 0 Å². The molecule has 0 aromatic rings. The Bertz CT molecular complexity index is 1640. The molecule has 0 fully saturated rings. The predicted molar refractivity (Wildman–Crippen MR) is 306 cm³/mol. The van der Waals surface area contributed by atoms with Gasteiger partial charge < -0.3 is 14.2 Å². The number of esters is 3. The molecule has 1 atom stereocenters. The van der Waals surface area contributed by atoms with Crippen LogP contribution in [0.5, 0.6) is 0 Å². The molecule has 6 nitrogen and oxygen atoms in total. The molecule has 0 amide bonds. The summed E-state index contributed by atoms with van der Waals surface area (Å²) >= 11 is 0. The van der Waals surface area contributed by atoms with Gasteiger partial charge in [0.05, 0.1) is 0 Å². The van der Waals surface area contributed by atoms with Crippen molar-refractivity contribution in [2.75, 3.05) is 13.2 Å². The van der Waals surface area contributed by atoms with E-state index in [0.717, 1.165) is 109 Å². The summed E-state index contributed by atoms with van der Waals surface area (Å²) in [6, 6.07) is 0. The van der Waals surface area contributed by atoms with E-state index < -0.39 is 12.1 Å². The second-order valence-electron chi connectivity index (χ2n) is 17.7. The van der Waals surface area contributed by atoms with Gasteiger partial charge in [-0.3, -0.25) is 14.4 Å². The van der Waals surface area contributed by atoms with Crippen LogP contribution in [0.4, 0.5) is 0 Å². The van der Waals surface area contributed by atoms with Gasteiger partial charge in [0, 0.05) is 19.3 Å². The maximum Gasteiger partial charge on any atom is 0.306 e. The fourth-order valence-corrected chi connectivity index (χ4v) is 6.81. The molecule has 0 radical (unpaired) electrons. The third kappa shape index (κ3) is 55.8. The zero-order valence-electron chi connectivity index (χ0n) is 45.2. The first-order chi connectivity index (χ1) is 35.0. The summed E-state index contributed by atoms with van der Waals surface area (Å²) in [7, 11) is 0. The SMILES string of the molecule is CC/C=C\C/C=C\C/C=C\C/C=C\CCCCC(=O)OC[C@H](COC(=O)CCCCC/C=C\C/C=C\C/C=C\C/C=C\CCCCC)OC(=O)CC/C=C\C/C=C\C/C=C\C/C=C\C/C=C\CCCCC. The summed E-state index contributed by atoms with van der Waals surface area (Å²) in [4.78, 5) is 38.1. The molecular weight excluding hydrogens is 877 g/mol. The van der Waals surface area contributed by atoms with E-state index in [0.29, 0.717) is 19.3 Å². The summed E-state index contributed by atoms with van der Waals surface area (Å²) in [5.74, 6) is -1.11. The molecule has 0 aliphatic rings. The van der Waals surface area contributed by atoms with Gasteiger partial charge in [-0.25, -0.2) is 0 Å². The van der Waals surface area contributed by atoms with Gasteiger partial charge in [0.2, 0.25) is 0 Å². The molecule has 0 aromatic heterocycles. The van der Waals surface area contributed by atoms with Gasteiger partial charge in [-0.2, -0.15) is 0 Å². The molecule has 71 heavy (non-hydrogen) atoms. The Morgan fingerprint density at radius 2 is 0.577 bits per heavy atom. The van der Waals surface area contributed by atoms with Gasteiger partial charge in [0.25, 0.3) is 0 Å². The van der Waals surface area contributed by atoms with Crippen molar-refractivity contribution in [1.29, 1.82) is 0 Å². The number of rotatable bonds is 48. The van der Waals surface area contributed by atoms with E-state index in [1.807, 2.05) is 12.2 Å². The molecule has 0 aliphatic heterocycles. The van der Waals surface area contributed by atoms with Crippen molar-refractivity contribution in [1.82, 2.24) is 0 Å². The van der Waals surface area contributed by atoms with Crippen LogP contribution in [0, 0.1) is 0 Å². The van der Waals surface area contributed by atoms with Gasteiger partial charge >= 0.3 is 17.9 Å². The molecule has 0 spiro atoms. The van der Waals surface area contributed by atoms with Crippen LogP contribution in [0.15, 0.2) is 158 Å². The molecule has 6 heteroatoms. The zero-order chi connectivity index (χ0) is 51.4. The number of ether oxygens (including phenoxy) is 3. The van der Waals surface area contributed by atoms with Crippen molar-refractivity contribution < 1.29 is 28.6 Å². The van der Waals surface area contributed by atoms with Crippen LogP contribution in [-0.2, 0) is 28.6 Å². The Hall–Kier alpha value is -4.97. The van der Waals surface area contributed by atoms with Crippen LogP contribution < -0.4 is 0 Å². The van der Waals surface area contributed by atoms with Crippen molar-refractivity contribution >= 4 is 17.9 Å². The van der Waals surface area contributed by atoms with Crippen molar-refractivity contribution in [3.05, 3.63) is 158 Å². The van der Waals surface area contributed by atoms with Crippen molar-refractivity contribution in [3.63, 3.8) is 0 Å². The molecule has 0 heterocycles. The van der Waals surface area contributed by atoms with E-state index in [-0.39, 0.29) is 38.0 Å². The number of carbonyl (C=O) groups is 3. The summed E-state index contributed by atoms with van der Waals surface area (Å²) in [5, 5.41) is 0. The van der Waals surface area contributed by atoms with Crippen molar-refractivity contribution in [3.8, 4) is 0 Å². The Kier molecular flexibility index (Phi) is 53.6. The average molecular weight is 978 g/mol. The first-order valence-electron chi connectivity index (χ1n) is 28.0. The monoisotopic (exact) mass is 977 g/mol. The van der Waals surface area contributed by atoms with Gasteiger partial charge in [-0.15, -0.1) is 0 Å². The van der Waals surface area contributed by atoms with E-state index in [4.69, 9.17) is 14.2 Å². The second kappa shape index (κ2) is 57.6. The van der Waals surface area contributed by atoms with E-state index in [2.05, 4.69) is 167 Å². The molecule has 0 aromatic carbocycles. The Balaban J connectivity index is 4.66. The van der Waals surface area contributed by atoms with Crippen LogP contribution >= 0.6 is 0 Å². The standard InChI is InChI=1S/C65H100O6/c1-4-7-10-13-16-19-22-25-28-30-32-34-37-40-43-46-49-52-55-58-64(67)70-61-62(60-69-63(66)57-54-51-48-45-42-39-36-27-24-21-18-15-12-9-6-3)71-65(68)59-56-53-50-47-44-41-38-35-33-31-29-26-23-20-17-14-11-8-5-2/h9,12,16-21,25-29,32-36,40-45,50,53,62H,4-8,10-11,13-15,22-24,30-31,37-39,46-49,51-52,54-61H2,1-3H3/b12-9-,19-16-,20-17-,21-18-,28-25-,29-26-,34-32-,35-33-,36-27-,43-40-,44-41-,45-42-,53-50-/t62-/m1/s1. The molecule has 396 valence electrons. The van der Waals surface area contributed by atoms with E-state index in [9.17, 15) is 14.4 Å². The second-order valence-corrected chi connectivity index (χ2v) is 17.7. The van der Waals surface area contributed by atoms with E-state index in [1.54, 1.807) is 0 Å². The number of hydrogen-bond acceptors (Lipinski definition) is 6. The minimum Gasteiger partial charge on any atom is -0.462 e. The summed E-state index contributed by atoms with van der Waals surface area (Å²) in [6.07, 6.45) is 83.8. The van der Waals surface area contributed by atoms with Crippen LogP contribution in [0.3, 0.4) is 0 Å². The highest BCUT2D eigenvalue weighted by Crippen LogP contribution is 2.10. The zero-order valence-corrected chi connectivity index (χ0v) is 45.2. The fraction of sp³-hybridized carbons (Fsp3) is 0.554. The summed E-state index contributed by atoms with van der Waals surface area (Å²) in [6.45, 7) is 6.32. The predicted octanol–water partition coefficient (Wildman–Crippen LogP) is 19.0. The maximum atomic E-state index is 12.8. The average Bonchev–Trinajstić information content (AvgIpc) is 3.37. The minimum atomic E-state index is -0.857. The highest BCUT2D eigenvalue weighted by atomic mass is 16.6. The number of unbranched alkanes of at least 4 members (excludes halogenated alkanes) is 11. The molecule has 0 aliphatic carbocycles. The van der Waals surface area contributed by atoms with Crippen molar-refractivity contribution in [2.45, 2.75) is 219 Å².